The number of likely N-dealkylation sites (tertiary alicyclic amines) is 1. The van der Waals surface area contributed by atoms with Crippen molar-refractivity contribution in [2.75, 3.05) is 19.7 Å². The van der Waals surface area contributed by atoms with Gasteiger partial charge in [0.2, 0.25) is 5.91 Å². The molecular formula is C11H20N2O2. The molecular weight excluding hydrogens is 192 g/mol. The lowest BCUT2D eigenvalue weighted by molar-refractivity contribution is -0.135. The Morgan fingerprint density at radius 3 is 2.93 bits per heavy atom. The highest BCUT2D eigenvalue weighted by Gasteiger charge is 2.37. The molecule has 0 spiro atoms. The lowest BCUT2D eigenvalue weighted by atomic mass is 10.0. The van der Waals surface area contributed by atoms with Gasteiger partial charge >= 0.3 is 0 Å². The fourth-order valence-electron chi connectivity index (χ4n) is 2.66. The average Bonchev–Trinajstić information content (AvgIpc) is 2.85. The molecule has 0 aromatic rings. The number of carbonyl (C=O) groups excluding carboxylic acids is 1. The van der Waals surface area contributed by atoms with Crippen molar-refractivity contribution in [3.05, 3.63) is 0 Å². The van der Waals surface area contributed by atoms with Crippen molar-refractivity contribution >= 4 is 5.91 Å². The zero-order valence-corrected chi connectivity index (χ0v) is 9.28. The number of rotatable bonds is 2. The number of amides is 1. The molecule has 2 aliphatic heterocycles. The number of carbonyl (C=O) groups is 1. The summed E-state index contributed by atoms with van der Waals surface area (Å²) in [5, 5.41) is 12.5. The highest BCUT2D eigenvalue weighted by atomic mass is 16.3. The van der Waals surface area contributed by atoms with Crippen LogP contribution in [0.2, 0.25) is 0 Å². The standard InChI is InChI=1S/C11H20N2O2/c1-8-4-6-13(10(8)7-14)11(15)9-3-2-5-12-9/h8-10,12,14H,2-7H2,1H3/t8?,9-,10?/m1/s1. The maximum atomic E-state index is 12.1. The van der Waals surface area contributed by atoms with Gasteiger partial charge in [0.1, 0.15) is 0 Å². The smallest absolute Gasteiger partial charge is 0.240 e. The molecule has 15 heavy (non-hydrogen) atoms. The van der Waals surface area contributed by atoms with Gasteiger partial charge < -0.3 is 15.3 Å². The largest absolute Gasteiger partial charge is 0.394 e. The number of aliphatic hydroxyl groups excluding tert-OH is 1. The minimum absolute atomic E-state index is 0.00403. The van der Waals surface area contributed by atoms with Crippen molar-refractivity contribution in [2.24, 2.45) is 5.92 Å². The van der Waals surface area contributed by atoms with Crippen molar-refractivity contribution in [3.63, 3.8) is 0 Å². The molecule has 1 amide bonds. The Balaban J connectivity index is 2.00. The highest BCUT2D eigenvalue weighted by molar-refractivity contribution is 5.82. The second-order valence-corrected chi connectivity index (χ2v) is 4.70. The van der Waals surface area contributed by atoms with Crippen LogP contribution in [0.25, 0.3) is 0 Å². The molecule has 0 radical (unpaired) electrons. The maximum Gasteiger partial charge on any atom is 0.240 e. The van der Waals surface area contributed by atoms with Crippen molar-refractivity contribution < 1.29 is 9.90 Å². The molecule has 0 bridgehead atoms. The van der Waals surface area contributed by atoms with Crippen molar-refractivity contribution in [1.29, 1.82) is 0 Å². The third kappa shape index (κ3) is 2.01. The second kappa shape index (κ2) is 4.49. The topological polar surface area (TPSA) is 52.6 Å². The van der Waals surface area contributed by atoms with Crippen LogP contribution in [0.4, 0.5) is 0 Å². The van der Waals surface area contributed by atoms with Gasteiger partial charge in [-0.25, -0.2) is 0 Å². The third-order valence-corrected chi connectivity index (χ3v) is 3.71. The number of hydrogen-bond acceptors (Lipinski definition) is 3. The van der Waals surface area contributed by atoms with Crippen molar-refractivity contribution in [1.82, 2.24) is 10.2 Å². The molecule has 3 atom stereocenters. The normalized spacial score (nSPS) is 36.1. The predicted octanol–water partition coefficient (Wildman–Crippen LogP) is -0.0323. The summed E-state index contributed by atoms with van der Waals surface area (Å²) in [4.78, 5) is 14.0. The van der Waals surface area contributed by atoms with Gasteiger partial charge in [-0.15, -0.1) is 0 Å². The van der Waals surface area contributed by atoms with Gasteiger partial charge in [0.15, 0.2) is 0 Å². The number of nitrogens with zero attached hydrogens (tertiary/aromatic N) is 1. The number of nitrogens with one attached hydrogen (secondary N) is 1. The van der Waals surface area contributed by atoms with Crippen LogP contribution in [0.1, 0.15) is 26.2 Å². The number of hydrogen-bond donors (Lipinski definition) is 2. The minimum Gasteiger partial charge on any atom is -0.394 e. The molecule has 2 fully saturated rings. The molecule has 0 aromatic carbocycles. The van der Waals surface area contributed by atoms with Crippen LogP contribution in [-0.4, -0.2) is 47.7 Å². The van der Waals surface area contributed by atoms with Crippen LogP contribution in [0.15, 0.2) is 0 Å². The first-order valence-corrected chi connectivity index (χ1v) is 5.88. The molecule has 2 heterocycles. The molecule has 2 N–H and O–H groups in total. The lowest BCUT2D eigenvalue weighted by Gasteiger charge is -2.27. The predicted molar refractivity (Wildman–Crippen MR) is 57.4 cm³/mol. The molecule has 2 saturated heterocycles. The monoisotopic (exact) mass is 212 g/mol. The van der Waals surface area contributed by atoms with E-state index in [-0.39, 0.29) is 24.6 Å². The molecule has 4 heteroatoms. The van der Waals surface area contributed by atoms with Crippen molar-refractivity contribution in [2.45, 2.75) is 38.3 Å². The Bertz CT molecular complexity index is 239. The Hall–Kier alpha value is -0.610. The van der Waals surface area contributed by atoms with Crippen LogP contribution in [-0.2, 0) is 4.79 Å². The molecule has 4 nitrogen and oxygen atoms in total. The Labute approximate surface area is 90.6 Å². The Morgan fingerprint density at radius 2 is 2.33 bits per heavy atom. The zero-order valence-electron chi connectivity index (χ0n) is 9.28. The van der Waals surface area contributed by atoms with E-state index >= 15 is 0 Å². The second-order valence-electron chi connectivity index (χ2n) is 4.70. The highest BCUT2D eigenvalue weighted by Crippen LogP contribution is 2.25. The van der Waals surface area contributed by atoms with E-state index in [1.807, 2.05) is 4.90 Å². The van der Waals surface area contributed by atoms with Gasteiger partial charge in [-0.2, -0.15) is 0 Å². The van der Waals surface area contributed by atoms with E-state index < -0.39 is 0 Å². The molecule has 2 rings (SSSR count). The van der Waals surface area contributed by atoms with E-state index in [1.54, 1.807) is 0 Å². The summed E-state index contributed by atoms with van der Waals surface area (Å²) in [6.45, 7) is 3.96. The van der Waals surface area contributed by atoms with Gasteiger partial charge in [-0.3, -0.25) is 4.79 Å². The molecule has 0 aromatic heterocycles. The molecule has 2 unspecified atom stereocenters. The Morgan fingerprint density at radius 1 is 1.53 bits per heavy atom. The molecule has 0 aliphatic carbocycles. The molecule has 2 aliphatic rings. The van der Waals surface area contributed by atoms with E-state index in [1.165, 1.54) is 0 Å². The summed E-state index contributed by atoms with van der Waals surface area (Å²) in [5.74, 6) is 0.622. The van der Waals surface area contributed by atoms with Crippen LogP contribution < -0.4 is 5.32 Å². The maximum absolute atomic E-state index is 12.1. The minimum atomic E-state index is 0.00403. The quantitative estimate of drug-likeness (QED) is 0.676. The van der Waals surface area contributed by atoms with Gasteiger partial charge in [-0.05, 0) is 31.7 Å². The fraction of sp³-hybridized carbons (Fsp3) is 0.909. The first kappa shape index (κ1) is 10.9. The summed E-state index contributed by atoms with van der Waals surface area (Å²) in [5.41, 5.74) is 0. The number of aliphatic hydroxyl groups is 1. The van der Waals surface area contributed by atoms with Crippen LogP contribution in [0.3, 0.4) is 0 Å². The summed E-state index contributed by atoms with van der Waals surface area (Å²) < 4.78 is 0. The lowest BCUT2D eigenvalue weighted by Crippen LogP contribution is -2.47. The summed E-state index contributed by atoms with van der Waals surface area (Å²) in [7, 11) is 0. The fourth-order valence-corrected chi connectivity index (χ4v) is 2.66. The van der Waals surface area contributed by atoms with E-state index in [4.69, 9.17) is 0 Å². The van der Waals surface area contributed by atoms with Crippen LogP contribution >= 0.6 is 0 Å². The molecule has 0 saturated carbocycles. The van der Waals surface area contributed by atoms with Gasteiger partial charge in [0.05, 0.1) is 18.7 Å². The molecule has 86 valence electrons. The van der Waals surface area contributed by atoms with Crippen molar-refractivity contribution in [3.8, 4) is 0 Å². The summed E-state index contributed by atoms with van der Waals surface area (Å²) >= 11 is 0. The third-order valence-electron chi connectivity index (χ3n) is 3.71. The SMILES string of the molecule is CC1CCN(C(=O)[C@H]2CCCN2)C1CO. The average molecular weight is 212 g/mol. The van der Waals surface area contributed by atoms with Gasteiger partial charge in [-0.1, -0.05) is 6.92 Å². The Kier molecular flexibility index (Phi) is 3.26. The zero-order chi connectivity index (χ0) is 10.8. The first-order chi connectivity index (χ1) is 7.24. The van der Waals surface area contributed by atoms with E-state index in [0.29, 0.717) is 5.92 Å². The van der Waals surface area contributed by atoms with E-state index in [0.717, 1.165) is 32.4 Å². The van der Waals surface area contributed by atoms with Crippen LogP contribution in [0, 0.1) is 5.92 Å². The van der Waals surface area contributed by atoms with Crippen LogP contribution in [0.5, 0.6) is 0 Å². The van der Waals surface area contributed by atoms with E-state index in [9.17, 15) is 9.90 Å². The van der Waals surface area contributed by atoms with E-state index in [2.05, 4.69) is 12.2 Å². The van der Waals surface area contributed by atoms with Gasteiger partial charge in [0, 0.05) is 6.54 Å². The summed E-state index contributed by atoms with van der Waals surface area (Å²) in [6, 6.07) is 0.0456. The van der Waals surface area contributed by atoms with Gasteiger partial charge in [0.25, 0.3) is 0 Å². The summed E-state index contributed by atoms with van der Waals surface area (Å²) in [6.07, 6.45) is 3.05. The first-order valence-electron chi connectivity index (χ1n) is 5.88.